The van der Waals surface area contributed by atoms with Crippen molar-refractivity contribution in [3.05, 3.63) is 61.0 Å². The number of H-pyrrole nitrogens is 1. The molecule has 0 saturated heterocycles. The molecule has 0 bridgehead atoms. The number of carboxylic acids is 1. The van der Waals surface area contributed by atoms with Crippen LogP contribution >= 0.6 is 22.9 Å². The van der Waals surface area contributed by atoms with Crippen LogP contribution in [0.4, 0.5) is 13.2 Å². The summed E-state index contributed by atoms with van der Waals surface area (Å²) >= 11 is 6.60. The maximum absolute atomic E-state index is 12.9. The van der Waals surface area contributed by atoms with E-state index in [1.807, 2.05) is 0 Å². The summed E-state index contributed by atoms with van der Waals surface area (Å²) in [6.45, 7) is 1.51. The number of rotatable bonds is 3. The summed E-state index contributed by atoms with van der Waals surface area (Å²) in [5, 5.41) is 9.23. The number of hydrogen-bond acceptors (Lipinski definition) is 4. The number of nitrogens with zero attached hydrogens (tertiary/aromatic N) is 1. The van der Waals surface area contributed by atoms with Gasteiger partial charge in [0.2, 0.25) is 0 Å². The standard InChI is InChI=1S/C16H10ClF3N2O3S/c1-6-11-13(23)21-10(22-14(11)26-12(6)15(24)25)4-7-2-8(16(18,19)20)5-9(17)3-7/h2-3,5H,4H2,1H3,(H,24,25)(H,21,22,23). The molecule has 26 heavy (non-hydrogen) atoms. The second-order valence-electron chi connectivity index (χ2n) is 5.58. The number of carboxylic acid groups (broad SMARTS) is 1. The number of aryl methyl sites for hydroxylation is 1. The van der Waals surface area contributed by atoms with Crippen molar-refractivity contribution in [1.82, 2.24) is 9.97 Å². The molecule has 5 nitrogen and oxygen atoms in total. The number of aromatic nitrogens is 2. The van der Waals surface area contributed by atoms with Gasteiger partial charge in [-0.2, -0.15) is 13.2 Å². The summed E-state index contributed by atoms with van der Waals surface area (Å²) in [6.07, 6.45) is -4.64. The van der Waals surface area contributed by atoms with Crippen LogP contribution in [0.2, 0.25) is 5.02 Å². The first-order valence-corrected chi connectivity index (χ1v) is 8.38. The predicted octanol–water partition coefficient (Wildman–Crippen LogP) is 4.25. The third kappa shape index (κ3) is 3.45. The maximum Gasteiger partial charge on any atom is 0.416 e. The number of fused-ring (bicyclic) bond motifs is 1. The van der Waals surface area contributed by atoms with Crippen LogP contribution in [-0.2, 0) is 12.6 Å². The molecular formula is C16H10ClF3N2O3S. The fourth-order valence-electron chi connectivity index (χ4n) is 2.59. The van der Waals surface area contributed by atoms with Crippen LogP contribution in [0.1, 0.15) is 32.2 Å². The fourth-order valence-corrected chi connectivity index (χ4v) is 3.88. The molecule has 0 radical (unpaired) electrons. The highest BCUT2D eigenvalue weighted by Crippen LogP contribution is 2.32. The Kier molecular flexibility index (Phi) is 4.53. The van der Waals surface area contributed by atoms with Crippen LogP contribution in [0.3, 0.4) is 0 Å². The van der Waals surface area contributed by atoms with E-state index in [9.17, 15) is 22.8 Å². The van der Waals surface area contributed by atoms with E-state index in [2.05, 4.69) is 9.97 Å². The first kappa shape index (κ1) is 18.4. The molecule has 3 rings (SSSR count). The van der Waals surface area contributed by atoms with Crippen molar-refractivity contribution in [1.29, 1.82) is 0 Å². The van der Waals surface area contributed by atoms with Crippen molar-refractivity contribution < 1.29 is 23.1 Å². The minimum atomic E-state index is -4.55. The van der Waals surface area contributed by atoms with Gasteiger partial charge in [0.1, 0.15) is 15.5 Å². The van der Waals surface area contributed by atoms with Crippen LogP contribution in [-0.4, -0.2) is 21.0 Å². The highest BCUT2D eigenvalue weighted by molar-refractivity contribution is 7.20. The molecule has 2 N–H and O–H groups in total. The molecule has 0 saturated carbocycles. The summed E-state index contributed by atoms with van der Waals surface area (Å²) in [7, 11) is 0. The Morgan fingerprint density at radius 2 is 2.04 bits per heavy atom. The van der Waals surface area contributed by atoms with Gasteiger partial charge >= 0.3 is 12.1 Å². The number of hydrogen-bond donors (Lipinski definition) is 2. The summed E-state index contributed by atoms with van der Waals surface area (Å²) in [4.78, 5) is 30.3. The van der Waals surface area contributed by atoms with Crippen LogP contribution in [0.5, 0.6) is 0 Å². The topological polar surface area (TPSA) is 83.0 Å². The van der Waals surface area contributed by atoms with Crippen molar-refractivity contribution in [2.45, 2.75) is 19.5 Å². The molecule has 0 aliphatic carbocycles. The molecule has 2 heterocycles. The van der Waals surface area contributed by atoms with E-state index in [0.717, 1.165) is 23.5 Å². The van der Waals surface area contributed by atoms with Crippen LogP contribution in [0.15, 0.2) is 23.0 Å². The summed E-state index contributed by atoms with van der Waals surface area (Å²) < 4.78 is 38.7. The van der Waals surface area contributed by atoms with E-state index in [4.69, 9.17) is 16.7 Å². The second-order valence-corrected chi connectivity index (χ2v) is 7.01. The SMILES string of the molecule is Cc1c(C(=O)O)sc2nc(Cc3cc(Cl)cc(C(F)(F)F)c3)[nH]c(=O)c12. The highest BCUT2D eigenvalue weighted by atomic mass is 35.5. The lowest BCUT2D eigenvalue weighted by Crippen LogP contribution is -2.12. The average molecular weight is 403 g/mol. The molecule has 0 fully saturated rings. The number of carbonyl (C=O) groups is 1. The van der Waals surface area contributed by atoms with E-state index in [-0.39, 0.29) is 37.9 Å². The molecule has 0 amide bonds. The molecular weight excluding hydrogens is 393 g/mol. The van der Waals surface area contributed by atoms with Gasteiger partial charge in [-0.3, -0.25) is 4.79 Å². The van der Waals surface area contributed by atoms with E-state index in [1.165, 1.54) is 13.0 Å². The first-order valence-electron chi connectivity index (χ1n) is 7.18. The summed E-state index contributed by atoms with van der Waals surface area (Å²) in [5.41, 5.74) is -0.910. The molecule has 1 aromatic carbocycles. The Labute approximate surface area is 153 Å². The molecule has 0 spiro atoms. The normalized spacial score (nSPS) is 11.9. The molecule has 10 heteroatoms. The number of nitrogens with one attached hydrogen (secondary N) is 1. The van der Waals surface area contributed by atoms with Crippen molar-refractivity contribution in [2.75, 3.05) is 0 Å². The molecule has 136 valence electrons. The molecule has 3 aromatic rings. The fraction of sp³-hybridized carbons (Fsp3) is 0.188. The minimum absolute atomic E-state index is 0.00253. The maximum atomic E-state index is 12.9. The Morgan fingerprint density at radius 1 is 1.35 bits per heavy atom. The van der Waals surface area contributed by atoms with Crippen LogP contribution < -0.4 is 5.56 Å². The monoisotopic (exact) mass is 402 g/mol. The van der Waals surface area contributed by atoms with Crippen LogP contribution in [0, 0.1) is 6.92 Å². The lowest BCUT2D eigenvalue weighted by atomic mass is 10.1. The van der Waals surface area contributed by atoms with Gasteiger partial charge in [0.05, 0.1) is 10.9 Å². The Bertz CT molecular complexity index is 1090. The molecule has 0 aliphatic heterocycles. The molecule has 2 aromatic heterocycles. The minimum Gasteiger partial charge on any atom is -0.477 e. The van der Waals surface area contributed by atoms with E-state index >= 15 is 0 Å². The summed E-state index contributed by atoms with van der Waals surface area (Å²) in [5.74, 6) is -1.05. The number of thiophene rings is 1. The van der Waals surface area contributed by atoms with Gasteiger partial charge in [0, 0.05) is 11.4 Å². The van der Waals surface area contributed by atoms with Crippen LogP contribution in [0.25, 0.3) is 10.2 Å². The zero-order valence-corrected chi connectivity index (χ0v) is 14.6. The van der Waals surface area contributed by atoms with E-state index < -0.39 is 23.3 Å². The third-order valence-electron chi connectivity index (χ3n) is 3.70. The van der Waals surface area contributed by atoms with Crippen molar-refractivity contribution in [3.63, 3.8) is 0 Å². The quantitative estimate of drug-likeness (QED) is 0.686. The van der Waals surface area contributed by atoms with E-state index in [1.54, 1.807) is 0 Å². The van der Waals surface area contributed by atoms with Crippen molar-refractivity contribution >= 4 is 39.1 Å². The number of halogens is 4. The van der Waals surface area contributed by atoms with Gasteiger partial charge in [0.15, 0.2) is 0 Å². The number of alkyl halides is 3. The molecule has 0 unspecified atom stereocenters. The highest BCUT2D eigenvalue weighted by Gasteiger charge is 2.31. The average Bonchev–Trinajstić information content (AvgIpc) is 2.83. The number of aromatic amines is 1. The van der Waals surface area contributed by atoms with Gasteiger partial charge in [-0.15, -0.1) is 11.3 Å². The third-order valence-corrected chi connectivity index (χ3v) is 5.09. The summed E-state index contributed by atoms with van der Waals surface area (Å²) in [6, 6.07) is 3.09. The first-order chi connectivity index (χ1) is 12.1. The smallest absolute Gasteiger partial charge is 0.416 e. The van der Waals surface area contributed by atoms with Gasteiger partial charge < -0.3 is 10.1 Å². The van der Waals surface area contributed by atoms with Gasteiger partial charge in [-0.1, -0.05) is 11.6 Å². The van der Waals surface area contributed by atoms with E-state index in [0.29, 0.717) is 5.56 Å². The Morgan fingerprint density at radius 3 is 2.65 bits per heavy atom. The molecule has 0 atom stereocenters. The van der Waals surface area contributed by atoms with Gasteiger partial charge in [-0.05, 0) is 36.2 Å². The van der Waals surface area contributed by atoms with Crippen molar-refractivity contribution in [3.8, 4) is 0 Å². The zero-order chi connectivity index (χ0) is 19.2. The lowest BCUT2D eigenvalue weighted by Gasteiger charge is -2.10. The number of aromatic carboxylic acids is 1. The zero-order valence-electron chi connectivity index (χ0n) is 13.1. The van der Waals surface area contributed by atoms with Gasteiger partial charge in [0.25, 0.3) is 5.56 Å². The predicted molar refractivity (Wildman–Crippen MR) is 91.2 cm³/mol. The lowest BCUT2D eigenvalue weighted by molar-refractivity contribution is -0.137. The Balaban J connectivity index is 2.06. The Hall–Kier alpha value is -2.39. The number of benzene rings is 1. The largest absolute Gasteiger partial charge is 0.477 e. The van der Waals surface area contributed by atoms with Gasteiger partial charge in [-0.25, -0.2) is 9.78 Å². The van der Waals surface area contributed by atoms with Crippen molar-refractivity contribution in [2.24, 2.45) is 0 Å². The molecule has 0 aliphatic rings. The second kappa shape index (κ2) is 6.40.